The van der Waals surface area contributed by atoms with Crippen LogP contribution in [0.4, 0.5) is 0 Å². The van der Waals surface area contributed by atoms with E-state index in [4.69, 9.17) is 0 Å². The van der Waals surface area contributed by atoms with Crippen LogP contribution in [-0.2, 0) is 9.68 Å². The number of carboxylic acids is 1. The SMILES string of the molecule is CC(C)(OO)C1=CC2=CC[C@@H]3[C@](C)(CCC[C@@]3(C)C(=O)O)[C@H]2CC1. The highest BCUT2D eigenvalue weighted by Gasteiger charge is 2.57. The largest absolute Gasteiger partial charge is 0.481 e. The molecule has 3 rings (SSSR count). The lowest BCUT2D eigenvalue weighted by molar-refractivity contribution is -0.301. The van der Waals surface area contributed by atoms with Gasteiger partial charge in [-0.1, -0.05) is 25.5 Å². The minimum Gasteiger partial charge on any atom is -0.481 e. The van der Waals surface area contributed by atoms with Crippen molar-refractivity contribution >= 4 is 5.97 Å². The molecule has 4 heteroatoms. The summed E-state index contributed by atoms with van der Waals surface area (Å²) in [6.07, 6.45) is 10.0. The Morgan fingerprint density at radius 2 is 2.04 bits per heavy atom. The van der Waals surface area contributed by atoms with E-state index in [1.807, 2.05) is 20.8 Å². The molecule has 0 aromatic heterocycles. The molecular formula is C20H30O4. The van der Waals surface area contributed by atoms with Gasteiger partial charge in [-0.05, 0) is 81.3 Å². The second kappa shape index (κ2) is 5.70. The van der Waals surface area contributed by atoms with Crippen molar-refractivity contribution in [2.45, 2.75) is 71.8 Å². The molecule has 24 heavy (non-hydrogen) atoms. The lowest BCUT2D eigenvalue weighted by atomic mass is 9.47. The summed E-state index contributed by atoms with van der Waals surface area (Å²) < 4.78 is 0. The number of aliphatic carboxylic acids is 1. The monoisotopic (exact) mass is 334 g/mol. The van der Waals surface area contributed by atoms with Gasteiger partial charge >= 0.3 is 5.97 Å². The fourth-order valence-corrected chi connectivity index (χ4v) is 5.65. The van der Waals surface area contributed by atoms with E-state index < -0.39 is 17.0 Å². The predicted octanol–water partition coefficient (Wildman–Crippen LogP) is 4.82. The van der Waals surface area contributed by atoms with Crippen LogP contribution in [0.3, 0.4) is 0 Å². The first kappa shape index (κ1) is 17.7. The number of allylic oxidation sites excluding steroid dienone is 3. The molecule has 1 fully saturated rings. The zero-order valence-electron chi connectivity index (χ0n) is 15.3. The van der Waals surface area contributed by atoms with Gasteiger partial charge in [0.15, 0.2) is 0 Å². The summed E-state index contributed by atoms with van der Waals surface area (Å²) in [6, 6.07) is 0. The summed E-state index contributed by atoms with van der Waals surface area (Å²) >= 11 is 0. The Labute approximate surface area is 144 Å². The highest BCUT2D eigenvalue weighted by Crippen LogP contribution is 2.62. The molecule has 0 unspecified atom stereocenters. The molecule has 4 atom stereocenters. The van der Waals surface area contributed by atoms with Crippen molar-refractivity contribution in [2.24, 2.45) is 22.7 Å². The first-order chi connectivity index (χ1) is 11.1. The zero-order valence-corrected chi connectivity index (χ0v) is 15.3. The highest BCUT2D eigenvalue weighted by molar-refractivity contribution is 5.75. The quantitative estimate of drug-likeness (QED) is 0.573. The number of hydrogen-bond donors (Lipinski definition) is 2. The summed E-state index contributed by atoms with van der Waals surface area (Å²) in [7, 11) is 0. The van der Waals surface area contributed by atoms with E-state index in [2.05, 4.69) is 24.0 Å². The van der Waals surface area contributed by atoms with E-state index in [9.17, 15) is 15.2 Å². The average molecular weight is 334 g/mol. The van der Waals surface area contributed by atoms with Gasteiger partial charge in [-0.25, -0.2) is 4.89 Å². The Bertz CT molecular complexity index is 603. The van der Waals surface area contributed by atoms with Crippen molar-refractivity contribution in [3.63, 3.8) is 0 Å². The summed E-state index contributed by atoms with van der Waals surface area (Å²) in [6.45, 7) is 8.02. The van der Waals surface area contributed by atoms with E-state index in [1.54, 1.807) is 0 Å². The van der Waals surface area contributed by atoms with Crippen LogP contribution in [0.15, 0.2) is 23.3 Å². The zero-order chi connectivity index (χ0) is 17.8. The average Bonchev–Trinajstić information content (AvgIpc) is 2.54. The lowest BCUT2D eigenvalue weighted by Crippen LogP contribution is -2.53. The summed E-state index contributed by atoms with van der Waals surface area (Å²) in [5.41, 5.74) is 1.20. The topological polar surface area (TPSA) is 66.8 Å². The van der Waals surface area contributed by atoms with E-state index >= 15 is 0 Å². The van der Waals surface area contributed by atoms with Gasteiger partial charge in [0.2, 0.25) is 0 Å². The van der Waals surface area contributed by atoms with E-state index in [-0.39, 0.29) is 11.3 Å². The molecule has 0 aliphatic heterocycles. The smallest absolute Gasteiger partial charge is 0.309 e. The molecule has 0 aromatic carbocycles. The number of hydrogen-bond acceptors (Lipinski definition) is 3. The number of carbonyl (C=O) groups is 1. The van der Waals surface area contributed by atoms with Crippen LogP contribution in [0.5, 0.6) is 0 Å². The molecule has 3 aliphatic rings. The second-order valence-electron chi connectivity index (χ2n) is 8.94. The Morgan fingerprint density at radius 1 is 1.33 bits per heavy atom. The maximum atomic E-state index is 12.0. The Morgan fingerprint density at radius 3 is 2.67 bits per heavy atom. The minimum atomic E-state index is -0.661. The standard InChI is InChI=1S/C20H30O4/c1-18(2,24-23)14-7-8-15-13(12-14)6-9-16-19(15,3)10-5-11-20(16,4)17(21)22/h6,12,15-16,23H,5,7-11H2,1-4H3,(H,21,22)/t15-,16+,19+,20+/m0/s1. The molecule has 0 heterocycles. The number of fused-ring (bicyclic) bond motifs is 3. The molecule has 0 saturated heterocycles. The third-order valence-corrected chi connectivity index (χ3v) is 7.30. The van der Waals surface area contributed by atoms with Crippen LogP contribution in [0, 0.1) is 22.7 Å². The Balaban J connectivity index is 1.99. The summed E-state index contributed by atoms with van der Waals surface area (Å²) in [4.78, 5) is 16.7. The Kier molecular flexibility index (Phi) is 4.20. The Hall–Kier alpha value is -1.13. The van der Waals surface area contributed by atoms with E-state index in [0.29, 0.717) is 5.92 Å². The van der Waals surface area contributed by atoms with Gasteiger partial charge in [0.25, 0.3) is 0 Å². The van der Waals surface area contributed by atoms with Crippen LogP contribution in [0.2, 0.25) is 0 Å². The molecule has 1 saturated carbocycles. The number of carboxylic acid groups (broad SMARTS) is 1. The highest BCUT2D eigenvalue weighted by atomic mass is 17.1. The van der Waals surface area contributed by atoms with Crippen molar-refractivity contribution in [1.29, 1.82) is 0 Å². The molecule has 3 aliphatic carbocycles. The maximum Gasteiger partial charge on any atom is 0.309 e. The predicted molar refractivity (Wildman–Crippen MR) is 92.5 cm³/mol. The first-order valence-corrected chi connectivity index (χ1v) is 9.12. The van der Waals surface area contributed by atoms with Gasteiger partial charge in [0.05, 0.1) is 5.41 Å². The third-order valence-electron chi connectivity index (χ3n) is 7.30. The first-order valence-electron chi connectivity index (χ1n) is 9.12. The van der Waals surface area contributed by atoms with Crippen LogP contribution in [0.1, 0.15) is 66.2 Å². The van der Waals surface area contributed by atoms with Crippen LogP contribution in [-0.4, -0.2) is 21.9 Å². The van der Waals surface area contributed by atoms with Crippen molar-refractivity contribution in [1.82, 2.24) is 0 Å². The maximum absolute atomic E-state index is 12.0. The van der Waals surface area contributed by atoms with Crippen molar-refractivity contribution in [2.75, 3.05) is 0 Å². The molecule has 4 nitrogen and oxygen atoms in total. The fourth-order valence-electron chi connectivity index (χ4n) is 5.65. The fraction of sp³-hybridized carbons (Fsp3) is 0.750. The van der Waals surface area contributed by atoms with E-state index in [0.717, 1.165) is 44.1 Å². The minimum absolute atomic E-state index is 0.0434. The van der Waals surface area contributed by atoms with Gasteiger partial charge < -0.3 is 5.11 Å². The molecule has 0 radical (unpaired) electrons. The van der Waals surface area contributed by atoms with Crippen LogP contribution in [0.25, 0.3) is 0 Å². The lowest BCUT2D eigenvalue weighted by Gasteiger charge is -2.57. The molecule has 0 spiro atoms. The molecule has 134 valence electrons. The third kappa shape index (κ3) is 2.46. The number of rotatable bonds is 3. The molecule has 2 N–H and O–H groups in total. The van der Waals surface area contributed by atoms with Gasteiger partial charge in [-0.15, -0.1) is 0 Å². The molecule has 0 aromatic rings. The van der Waals surface area contributed by atoms with Crippen molar-refractivity contribution in [3.8, 4) is 0 Å². The van der Waals surface area contributed by atoms with Gasteiger partial charge in [0, 0.05) is 0 Å². The van der Waals surface area contributed by atoms with Gasteiger partial charge in [-0.3, -0.25) is 10.1 Å². The van der Waals surface area contributed by atoms with Gasteiger partial charge in [-0.2, -0.15) is 0 Å². The van der Waals surface area contributed by atoms with Crippen LogP contribution >= 0.6 is 0 Å². The molecular weight excluding hydrogens is 304 g/mol. The van der Waals surface area contributed by atoms with E-state index in [1.165, 1.54) is 5.57 Å². The summed E-state index contributed by atoms with van der Waals surface area (Å²) in [5, 5.41) is 19.0. The molecule has 0 bridgehead atoms. The van der Waals surface area contributed by atoms with Crippen LogP contribution < -0.4 is 0 Å². The normalized spacial score (nSPS) is 39.4. The second-order valence-corrected chi connectivity index (χ2v) is 8.94. The van der Waals surface area contributed by atoms with Crippen molar-refractivity contribution < 1.29 is 20.0 Å². The van der Waals surface area contributed by atoms with Gasteiger partial charge in [0.1, 0.15) is 5.60 Å². The molecule has 0 amide bonds. The summed E-state index contributed by atoms with van der Waals surface area (Å²) in [5.74, 6) is -0.0346. The van der Waals surface area contributed by atoms with Crippen molar-refractivity contribution in [3.05, 3.63) is 23.3 Å².